The topological polar surface area (TPSA) is 95.9 Å². The Morgan fingerprint density at radius 2 is 1.86 bits per heavy atom. The molecule has 0 unspecified atom stereocenters. The number of carboxylic acid groups (broad SMARTS) is 1. The van der Waals surface area contributed by atoms with Gasteiger partial charge in [0, 0.05) is 12.0 Å². The van der Waals surface area contributed by atoms with Crippen molar-refractivity contribution < 1.29 is 24.2 Å². The van der Waals surface area contributed by atoms with Crippen molar-refractivity contribution in [2.75, 3.05) is 14.1 Å². The van der Waals surface area contributed by atoms with Gasteiger partial charge in [-0.1, -0.05) is 13.5 Å². The van der Waals surface area contributed by atoms with Crippen LogP contribution in [0.5, 0.6) is 0 Å². The minimum absolute atomic E-state index is 0.0725. The normalized spacial score (nSPS) is 21.3. The highest BCUT2D eigenvalue weighted by Crippen LogP contribution is 2.37. The minimum atomic E-state index is -1.59. The second-order valence-electron chi connectivity index (χ2n) is 6.09. The first-order chi connectivity index (χ1) is 9.96. The molecule has 0 aromatic rings. The van der Waals surface area contributed by atoms with Crippen molar-refractivity contribution in [1.82, 2.24) is 10.2 Å². The van der Waals surface area contributed by atoms with Crippen LogP contribution < -0.4 is 5.32 Å². The van der Waals surface area contributed by atoms with Crippen LogP contribution in [-0.4, -0.2) is 53.2 Å². The number of hydrogen-bond acceptors (Lipinski definition) is 5. The van der Waals surface area contributed by atoms with Gasteiger partial charge in [0.25, 0.3) is 5.91 Å². The Morgan fingerprint density at radius 1 is 1.41 bits per heavy atom. The molecule has 7 nitrogen and oxygen atoms in total. The number of rotatable bonds is 2. The lowest BCUT2D eigenvalue weighted by molar-refractivity contribution is -0.153. The van der Waals surface area contributed by atoms with Crippen LogP contribution in [0.15, 0.2) is 12.2 Å². The van der Waals surface area contributed by atoms with E-state index in [9.17, 15) is 19.5 Å². The molecule has 2 N–H and O–H groups in total. The van der Waals surface area contributed by atoms with E-state index >= 15 is 0 Å². The lowest BCUT2D eigenvalue weighted by Gasteiger charge is -2.33. The standard InChI is InChI=1S/C13H19NO5.C2H7N/c1-6-13(10(16)17)7-8(2)9(15)14(13)11(18)19-12(3,4)5;1-3-2/h2,6-7H2,1,3-5H3,(H,16,17);3H,1-2H3/t13-;/m0./s1. The zero-order chi connectivity index (χ0) is 17.7. The summed E-state index contributed by atoms with van der Waals surface area (Å²) >= 11 is 0. The molecule has 0 radical (unpaired) electrons. The number of nitrogens with zero attached hydrogens (tertiary/aromatic N) is 1. The first-order valence-electron chi connectivity index (χ1n) is 7.04. The van der Waals surface area contributed by atoms with Crippen LogP contribution >= 0.6 is 0 Å². The second kappa shape index (κ2) is 7.40. The van der Waals surface area contributed by atoms with Gasteiger partial charge in [0.05, 0.1) is 0 Å². The minimum Gasteiger partial charge on any atom is -0.479 e. The zero-order valence-corrected chi connectivity index (χ0v) is 14.1. The first-order valence-corrected chi connectivity index (χ1v) is 7.04. The molecule has 0 aromatic carbocycles. The molecule has 7 heteroatoms. The van der Waals surface area contributed by atoms with Gasteiger partial charge in [-0.2, -0.15) is 0 Å². The van der Waals surface area contributed by atoms with Crippen molar-refractivity contribution in [2.45, 2.75) is 51.7 Å². The summed E-state index contributed by atoms with van der Waals surface area (Å²) < 4.78 is 5.11. The second-order valence-corrected chi connectivity index (χ2v) is 6.09. The quantitative estimate of drug-likeness (QED) is 0.754. The van der Waals surface area contributed by atoms with Gasteiger partial charge in [0.1, 0.15) is 5.60 Å². The maximum absolute atomic E-state index is 12.1. The molecule has 1 heterocycles. The number of ether oxygens (including phenoxy) is 1. The lowest BCUT2D eigenvalue weighted by Crippen LogP contribution is -2.55. The molecule has 1 aliphatic rings. The molecule has 1 atom stereocenters. The molecule has 0 bridgehead atoms. The van der Waals surface area contributed by atoms with Gasteiger partial charge >= 0.3 is 12.1 Å². The van der Waals surface area contributed by atoms with Crippen molar-refractivity contribution in [3.63, 3.8) is 0 Å². The van der Waals surface area contributed by atoms with E-state index in [1.165, 1.54) is 0 Å². The smallest absolute Gasteiger partial charge is 0.418 e. The predicted molar refractivity (Wildman–Crippen MR) is 82.5 cm³/mol. The van der Waals surface area contributed by atoms with Gasteiger partial charge < -0.3 is 15.2 Å². The number of aliphatic carboxylic acids is 1. The average molecular weight is 314 g/mol. The number of carboxylic acids is 1. The fourth-order valence-electron chi connectivity index (χ4n) is 2.03. The molecule has 1 aliphatic heterocycles. The van der Waals surface area contributed by atoms with Crippen molar-refractivity contribution in [2.24, 2.45) is 0 Å². The molecule has 0 aromatic heterocycles. The highest BCUT2D eigenvalue weighted by atomic mass is 16.6. The molecule has 1 saturated heterocycles. The first kappa shape index (κ1) is 20.1. The summed E-state index contributed by atoms with van der Waals surface area (Å²) in [4.78, 5) is 36.2. The highest BCUT2D eigenvalue weighted by molar-refractivity contribution is 6.10. The summed E-state index contributed by atoms with van der Waals surface area (Å²) in [5, 5.41) is 12.1. The summed E-state index contributed by atoms with van der Waals surface area (Å²) in [6.45, 7) is 10.1. The molecule has 0 aliphatic carbocycles. The average Bonchev–Trinajstić information content (AvgIpc) is 2.61. The molecule has 0 saturated carbocycles. The van der Waals surface area contributed by atoms with E-state index in [0.717, 1.165) is 0 Å². The molecule has 0 spiro atoms. The third-order valence-corrected chi connectivity index (χ3v) is 3.00. The van der Waals surface area contributed by atoms with E-state index in [-0.39, 0.29) is 18.4 Å². The van der Waals surface area contributed by atoms with Crippen LogP contribution in [0.25, 0.3) is 0 Å². The van der Waals surface area contributed by atoms with E-state index in [2.05, 4.69) is 11.9 Å². The molecular weight excluding hydrogens is 288 g/mol. The van der Waals surface area contributed by atoms with Gasteiger partial charge in [0.2, 0.25) is 0 Å². The van der Waals surface area contributed by atoms with Gasteiger partial charge in [-0.25, -0.2) is 14.5 Å². The molecule has 1 fully saturated rings. The maximum Gasteiger partial charge on any atom is 0.418 e. The van der Waals surface area contributed by atoms with E-state index in [1.807, 2.05) is 14.1 Å². The Balaban J connectivity index is 0.00000135. The Bertz CT molecular complexity index is 467. The number of carbonyl (C=O) groups is 3. The van der Waals surface area contributed by atoms with E-state index in [0.29, 0.717) is 4.90 Å². The van der Waals surface area contributed by atoms with Gasteiger partial charge in [-0.05, 0) is 41.3 Å². The predicted octanol–water partition coefficient (Wildman–Crippen LogP) is 1.78. The van der Waals surface area contributed by atoms with Crippen LogP contribution in [0, 0.1) is 0 Å². The fourth-order valence-corrected chi connectivity index (χ4v) is 2.03. The van der Waals surface area contributed by atoms with E-state index < -0.39 is 29.1 Å². The third kappa shape index (κ3) is 4.30. The van der Waals surface area contributed by atoms with E-state index in [1.54, 1.807) is 27.7 Å². The number of imide groups is 1. The SMILES string of the molecule is C=C1C[C@@](CC)(C(=O)O)N(C(=O)OC(C)(C)C)C1=O.CNC. The van der Waals surface area contributed by atoms with Crippen molar-refractivity contribution in [1.29, 1.82) is 0 Å². The van der Waals surface area contributed by atoms with Crippen molar-refractivity contribution >= 4 is 18.0 Å². The molecule has 22 heavy (non-hydrogen) atoms. The van der Waals surface area contributed by atoms with Crippen molar-refractivity contribution in [3.05, 3.63) is 12.2 Å². The largest absolute Gasteiger partial charge is 0.479 e. The summed E-state index contributed by atoms with van der Waals surface area (Å²) in [6.07, 6.45) is -0.913. The number of amides is 2. The van der Waals surface area contributed by atoms with E-state index in [4.69, 9.17) is 4.74 Å². The number of likely N-dealkylation sites (tertiary alicyclic amines) is 1. The maximum atomic E-state index is 12.1. The molecule has 2 amide bonds. The molecule has 1 rings (SSSR count). The number of nitrogens with one attached hydrogen (secondary N) is 1. The summed E-state index contributed by atoms with van der Waals surface area (Å²) in [7, 11) is 3.75. The van der Waals surface area contributed by atoms with Crippen LogP contribution in [0.2, 0.25) is 0 Å². The Labute approximate surface area is 131 Å². The lowest BCUT2D eigenvalue weighted by atomic mass is 9.92. The van der Waals surface area contributed by atoms with Gasteiger partial charge in [-0.3, -0.25) is 4.79 Å². The van der Waals surface area contributed by atoms with Crippen molar-refractivity contribution in [3.8, 4) is 0 Å². The summed E-state index contributed by atoms with van der Waals surface area (Å²) in [5.41, 5.74) is -2.29. The molecular formula is C15H26N2O5. The highest BCUT2D eigenvalue weighted by Gasteiger charge is 2.56. The van der Waals surface area contributed by atoms with Crippen LogP contribution in [-0.2, 0) is 14.3 Å². The van der Waals surface area contributed by atoms with Crippen LogP contribution in [0.4, 0.5) is 4.79 Å². The number of carbonyl (C=O) groups excluding carboxylic acids is 2. The van der Waals surface area contributed by atoms with Crippen LogP contribution in [0.3, 0.4) is 0 Å². The Hall–Kier alpha value is -1.89. The molecule has 126 valence electrons. The zero-order valence-electron chi connectivity index (χ0n) is 14.1. The number of hydrogen-bond donors (Lipinski definition) is 2. The summed E-state index contributed by atoms with van der Waals surface area (Å²) in [5.74, 6) is -1.91. The van der Waals surface area contributed by atoms with Gasteiger partial charge in [-0.15, -0.1) is 0 Å². The monoisotopic (exact) mass is 314 g/mol. The summed E-state index contributed by atoms with van der Waals surface area (Å²) in [6, 6.07) is 0. The Morgan fingerprint density at radius 3 is 2.18 bits per heavy atom. The fraction of sp³-hybridized carbons (Fsp3) is 0.667. The van der Waals surface area contributed by atoms with Crippen LogP contribution in [0.1, 0.15) is 40.5 Å². The third-order valence-electron chi connectivity index (χ3n) is 3.00. The Kier molecular flexibility index (Phi) is 6.76. The van der Waals surface area contributed by atoms with Gasteiger partial charge in [0.15, 0.2) is 5.54 Å².